The highest BCUT2D eigenvalue weighted by Crippen LogP contribution is 2.44. The van der Waals surface area contributed by atoms with Gasteiger partial charge in [0.2, 0.25) is 11.8 Å². The first-order chi connectivity index (χ1) is 17.6. The molecule has 1 heterocycles. The van der Waals surface area contributed by atoms with Crippen molar-refractivity contribution in [3.63, 3.8) is 0 Å². The maximum Gasteiger partial charge on any atom is 0.319 e. The Kier molecular flexibility index (Phi) is 9.99. The minimum atomic E-state index is -1.39. The molecule has 0 bridgehead atoms. The predicted octanol–water partition coefficient (Wildman–Crippen LogP) is 5.81. The molecule has 1 aliphatic rings. The topological polar surface area (TPSA) is 118 Å². The van der Waals surface area contributed by atoms with Crippen LogP contribution < -0.4 is 15.4 Å². The van der Waals surface area contributed by atoms with Crippen LogP contribution >= 0.6 is 58.2 Å². The maximum absolute atomic E-state index is 13.0. The highest BCUT2D eigenvalue weighted by molar-refractivity contribution is 8.03. The Balaban J connectivity index is 1.96. The normalized spacial score (nSPS) is 17.1. The standard InChI is InChI=1S/C24H19Cl4N3O5S/c1-3-36-21-16(27)6-11(7-17(21)28)19-13(9-29)23(31-22(33)20(19)24(34)35-2)37-10-18(32)30-12-4-5-14(25)15(26)8-12/h4-8,19-20H,3,10H2,1-2H3,(H,30,32)(H,31,33)/t19-,20+/m0/s1. The van der Waals surface area contributed by atoms with Gasteiger partial charge < -0.3 is 20.1 Å². The average molecular weight is 603 g/mol. The lowest BCUT2D eigenvalue weighted by atomic mass is 9.78. The number of carbonyl (C=O) groups excluding carboxylic acids is 3. The Labute approximate surface area is 237 Å². The van der Waals surface area contributed by atoms with Gasteiger partial charge in [0.1, 0.15) is 5.92 Å². The van der Waals surface area contributed by atoms with Crippen molar-refractivity contribution in [2.45, 2.75) is 12.8 Å². The van der Waals surface area contributed by atoms with Crippen LogP contribution in [-0.4, -0.2) is 37.3 Å². The summed E-state index contributed by atoms with van der Waals surface area (Å²) in [5.41, 5.74) is 0.793. The SMILES string of the molecule is CCOc1c(Cl)cc([C@H]2C(C#N)=C(SCC(=O)Nc3ccc(Cl)c(Cl)c3)NC(=O)[C@@H]2C(=O)OC)cc1Cl. The quantitative estimate of drug-likeness (QED) is 0.289. The van der Waals surface area contributed by atoms with Gasteiger partial charge in [-0.05, 0) is 42.8 Å². The molecule has 2 N–H and O–H groups in total. The smallest absolute Gasteiger partial charge is 0.319 e. The zero-order chi connectivity index (χ0) is 27.3. The van der Waals surface area contributed by atoms with Crippen molar-refractivity contribution in [2.75, 3.05) is 24.8 Å². The van der Waals surface area contributed by atoms with Crippen LogP contribution in [0.25, 0.3) is 0 Å². The molecule has 0 aromatic heterocycles. The summed E-state index contributed by atoms with van der Waals surface area (Å²) in [6.45, 7) is 2.07. The molecule has 0 spiro atoms. The monoisotopic (exact) mass is 601 g/mol. The molecular formula is C24H19Cl4N3O5S. The van der Waals surface area contributed by atoms with Crippen LogP contribution in [0.2, 0.25) is 20.1 Å². The molecule has 194 valence electrons. The van der Waals surface area contributed by atoms with Gasteiger partial charge >= 0.3 is 5.97 Å². The van der Waals surface area contributed by atoms with Crippen LogP contribution in [-0.2, 0) is 19.1 Å². The summed E-state index contributed by atoms with van der Waals surface area (Å²) in [4.78, 5) is 38.1. The Hall–Kier alpha value is -2.61. The van der Waals surface area contributed by atoms with Crippen LogP contribution in [0.5, 0.6) is 5.75 Å². The van der Waals surface area contributed by atoms with Crippen molar-refractivity contribution >= 4 is 81.6 Å². The molecule has 13 heteroatoms. The van der Waals surface area contributed by atoms with E-state index in [-0.39, 0.29) is 37.2 Å². The van der Waals surface area contributed by atoms with Gasteiger partial charge in [0.25, 0.3) is 0 Å². The molecule has 0 fully saturated rings. The Morgan fingerprint density at radius 2 is 1.78 bits per heavy atom. The molecule has 3 rings (SSSR count). The number of nitrogens with zero attached hydrogens (tertiary/aromatic N) is 1. The summed E-state index contributed by atoms with van der Waals surface area (Å²) in [5, 5.41) is 16.3. The number of thioether (sulfide) groups is 1. The summed E-state index contributed by atoms with van der Waals surface area (Å²) in [5.74, 6) is -4.37. The third-order valence-corrected chi connectivity index (χ3v) is 7.52. The second-order valence-electron chi connectivity index (χ2n) is 7.53. The number of nitrogens with one attached hydrogen (secondary N) is 2. The number of ether oxygens (including phenoxy) is 2. The molecule has 1 aliphatic heterocycles. The van der Waals surface area contributed by atoms with E-state index in [2.05, 4.69) is 16.7 Å². The summed E-state index contributed by atoms with van der Waals surface area (Å²) in [6, 6.07) is 9.62. The number of amides is 2. The molecule has 2 aromatic carbocycles. The van der Waals surface area contributed by atoms with Gasteiger partial charge in [0.15, 0.2) is 5.75 Å². The van der Waals surface area contributed by atoms with E-state index in [0.717, 1.165) is 18.9 Å². The van der Waals surface area contributed by atoms with Crippen molar-refractivity contribution in [3.05, 3.63) is 66.6 Å². The summed E-state index contributed by atoms with van der Waals surface area (Å²) in [7, 11) is 1.14. The van der Waals surface area contributed by atoms with Crippen molar-refractivity contribution < 1.29 is 23.9 Å². The molecule has 2 aromatic rings. The minimum Gasteiger partial charge on any atom is -0.491 e. The van der Waals surface area contributed by atoms with Gasteiger partial charge in [0, 0.05) is 11.6 Å². The summed E-state index contributed by atoms with van der Waals surface area (Å²) in [6.07, 6.45) is 0. The summed E-state index contributed by atoms with van der Waals surface area (Å²) >= 11 is 25.5. The van der Waals surface area contributed by atoms with Gasteiger partial charge in [-0.25, -0.2) is 0 Å². The van der Waals surface area contributed by atoms with Gasteiger partial charge in [-0.1, -0.05) is 58.2 Å². The fourth-order valence-corrected chi connectivity index (χ4v) is 5.39. The number of anilines is 1. The molecule has 8 nitrogen and oxygen atoms in total. The van der Waals surface area contributed by atoms with Gasteiger partial charge in [-0.2, -0.15) is 5.26 Å². The highest BCUT2D eigenvalue weighted by Gasteiger charge is 2.44. The van der Waals surface area contributed by atoms with E-state index in [9.17, 15) is 19.6 Å². The van der Waals surface area contributed by atoms with Crippen LogP contribution in [0.1, 0.15) is 18.4 Å². The first-order valence-corrected chi connectivity index (χ1v) is 13.1. The lowest BCUT2D eigenvalue weighted by Crippen LogP contribution is -2.44. The molecule has 2 amide bonds. The molecule has 37 heavy (non-hydrogen) atoms. The highest BCUT2D eigenvalue weighted by atomic mass is 35.5. The maximum atomic E-state index is 13.0. The number of esters is 1. The number of rotatable bonds is 8. The fourth-order valence-electron chi connectivity index (χ4n) is 3.63. The van der Waals surface area contributed by atoms with Crippen LogP contribution in [0.15, 0.2) is 40.9 Å². The lowest BCUT2D eigenvalue weighted by molar-refractivity contribution is -0.150. The van der Waals surface area contributed by atoms with E-state index in [1.54, 1.807) is 13.0 Å². The van der Waals surface area contributed by atoms with Crippen LogP contribution in [0.3, 0.4) is 0 Å². The van der Waals surface area contributed by atoms with Crippen LogP contribution in [0.4, 0.5) is 5.69 Å². The van der Waals surface area contributed by atoms with Crippen molar-refractivity contribution in [1.29, 1.82) is 5.26 Å². The number of benzene rings is 2. The Morgan fingerprint density at radius 1 is 1.11 bits per heavy atom. The van der Waals surface area contributed by atoms with E-state index >= 15 is 0 Å². The van der Waals surface area contributed by atoms with E-state index in [0.29, 0.717) is 22.9 Å². The second-order valence-corrected chi connectivity index (χ2v) is 10.1. The van der Waals surface area contributed by atoms with E-state index in [1.807, 2.05) is 0 Å². The zero-order valence-corrected chi connectivity index (χ0v) is 23.2. The minimum absolute atomic E-state index is 0.0404. The van der Waals surface area contributed by atoms with Crippen molar-refractivity contribution in [3.8, 4) is 11.8 Å². The second kappa shape index (κ2) is 12.8. The van der Waals surface area contributed by atoms with E-state index in [4.69, 9.17) is 55.9 Å². The number of hydrogen-bond acceptors (Lipinski definition) is 7. The van der Waals surface area contributed by atoms with Crippen molar-refractivity contribution in [2.24, 2.45) is 5.92 Å². The number of methoxy groups -OCH3 is 1. The molecular weight excluding hydrogens is 584 g/mol. The molecule has 0 aliphatic carbocycles. The van der Waals surface area contributed by atoms with Gasteiger partial charge in [-0.3, -0.25) is 14.4 Å². The van der Waals surface area contributed by atoms with Crippen LogP contribution in [0, 0.1) is 17.2 Å². The van der Waals surface area contributed by atoms with E-state index in [1.165, 1.54) is 24.3 Å². The van der Waals surface area contributed by atoms with Crippen molar-refractivity contribution in [1.82, 2.24) is 5.32 Å². The molecule has 2 atom stereocenters. The fraction of sp³-hybridized carbons (Fsp3) is 0.250. The zero-order valence-electron chi connectivity index (χ0n) is 19.4. The molecule has 0 saturated heterocycles. The third kappa shape index (κ3) is 6.64. The molecule has 0 saturated carbocycles. The van der Waals surface area contributed by atoms with Gasteiger partial charge in [0.05, 0.1) is 56.2 Å². The Morgan fingerprint density at radius 3 is 2.35 bits per heavy atom. The largest absolute Gasteiger partial charge is 0.491 e. The third-order valence-electron chi connectivity index (χ3n) is 5.20. The number of allylic oxidation sites excluding steroid dienone is 1. The Bertz CT molecular complexity index is 1300. The molecule has 0 radical (unpaired) electrons. The number of carbonyl (C=O) groups is 3. The number of nitriles is 1. The summed E-state index contributed by atoms with van der Waals surface area (Å²) < 4.78 is 10.3. The van der Waals surface area contributed by atoms with Gasteiger partial charge in [-0.15, -0.1) is 0 Å². The number of hydrogen-bond donors (Lipinski definition) is 2. The molecule has 0 unspecified atom stereocenters. The first kappa shape index (κ1) is 29.0. The lowest BCUT2D eigenvalue weighted by Gasteiger charge is -2.31. The average Bonchev–Trinajstić information content (AvgIpc) is 2.86. The predicted molar refractivity (Wildman–Crippen MR) is 144 cm³/mol. The first-order valence-electron chi connectivity index (χ1n) is 10.6. The number of halogens is 4. The van der Waals surface area contributed by atoms with E-state index < -0.39 is 29.6 Å².